The third-order valence-electron chi connectivity index (χ3n) is 1.42. The Labute approximate surface area is 67.6 Å². The van der Waals surface area contributed by atoms with Gasteiger partial charge in [0.05, 0.1) is 0 Å². The number of nitrogens with one attached hydrogen (secondary N) is 1. The standard InChI is InChI=1S/C9H13N.H2O/c1-2-10-8-9-6-4-3-5-7-9;/h3-7,10H,2,8H2,1H3;1H2. The fourth-order valence-corrected chi connectivity index (χ4v) is 0.865. The molecule has 0 amide bonds. The van der Waals surface area contributed by atoms with Gasteiger partial charge >= 0.3 is 0 Å². The van der Waals surface area contributed by atoms with Crippen molar-refractivity contribution in [3.8, 4) is 0 Å². The first-order valence-corrected chi connectivity index (χ1v) is 3.68. The predicted molar refractivity (Wildman–Crippen MR) is 47.4 cm³/mol. The smallest absolute Gasteiger partial charge is 0.0205 e. The molecule has 0 aromatic heterocycles. The molecule has 0 atom stereocenters. The molecule has 0 spiro atoms. The number of hydrogen-bond donors (Lipinski definition) is 1. The zero-order valence-electron chi connectivity index (χ0n) is 6.80. The summed E-state index contributed by atoms with van der Waals surface area (Å²) in [6.07, 6.45) is 0. The van der Waals surface area contributed by atoms with Crippen LogP contribution in [0.4, 0.5) is 0 Å². The minimum Gasteiger partial charge on any atom is -0.412 e. The molecule has 0 unspecified atom stereocenters. The summed E-state index contributed by atoms with van der Waals surface area (Å²) in [7, 11) is 0. The maximum Gasteiger partial charge on any atom is 0.0205 e. The highest BCUT2D eigenvalue weighted by atomic mass is 16.0. The molecule has 0 saturated heterocycles. The molecule has 62 valence electrons. The first-order chi connectivity index (χ1) is 4.93. The van der Waals surface area contributed by atoms with Crippen molar-refractivity contribution in [2.24, 2.45) is 0 Å². The summed E-state index contributed by atoms with van der Waals surface area (Å²) in [5.74, 6) is 0. The summed E-state index contributed by atoms with van der Waals surface area (Å²) in [6, 6.07) is 10.4. The van der Waals surface area contributed by atoms with E-state index in [1.165, 1.54) is 5.56 Å². The third-order valence-corrected chi connectivity index (χ3v) is 1.42. The van der Waals surface area contributed by atoms with Crippen LogP contribution in [0, 0.1) is 0 Å². The van der Waals surface area contributed by atoms with Crippen molar-refractivity contribution in [1.29, 1.82) is 0 Å². The Morgan fingerprint density at radius 3 is 2.36 bits per heavy atom. The van der Waals surface area contributed by atoms with E-state index in [9.17, 15) is 0 Å². The summed E-state index contributed by atoms with van der Waals surface area (Å²) >= 11 is 0. The van der Waals surface area contributed by atoms with Gasteiger partial charge in [0.15, 0.2) is 0 Å². The largest absolute Gasteiger partial charge is 0.412 e. The number of rotatable bonds is 3. The highest BCUT2D eigenvalue weighted by Crippen LogP contribution is 1.96. The molecule has 0 saturated carbocycles. The van der Waals surface area contributed by atoms with Crippen LogP contribution < -0.4 is 5.32 Å². The van der Waals surface area contributed by atoms with E-state index in [0.717, 1.165) is 13.1 Å². The number of hydrogen-bond acceptors (Lipinski definition) is 1. The fourth-order valence-electron chi connectivity index (χ4n) is 0.865. The maximum atomic E-state index is 3.26. The van der Waals surface area contributed by atoms with Crippen LogP contribution in [-0.2, 0) is 6.54 Å². The second-order valence-corrected chi connectivity index (χ2v) is 2.27. The van der Waals surface area contributed by atoms with Crippen LogP contribution in [0.2, 0.25) is 0 Å². The van der Waals surface area contributed by atoms with Gasteiger partial charge in [-0.3, -0.25) is 0 Å². The zero-order valence-corrected chi connectivity index (χ0v) is 6.80. The molecule has 0 aliphatic heterocycles. The molecule has 0 bridgehead atoms. The van der Waals surface area contributed by atoms with Gasteiger partial charge in [-0.15, -0.1) is 0 Å². The lowest BCUT2D eigenvalue weighted by atomic mass is 10.2. The van der Waals surface area contributed by atoms with Gasteiger partial charge in [0.2, 0.25) is 0 Å². The van der Waals surface area contributed by atoms with E-state index in [1.54, 1.807) is 0 Å². The Morgan fingerprint density at radius 1 is 1.18 bits per heavy atom. The first kappa shape index (κ1) is 10.1. The van der Waals surface area contributed by atoms with E-state index in [4.69, 9.17) is 0 Å². The summed E-state index contributed by atoms with van der Waals surface area (Å²) in [4.78, 5) is 0. The van der Waals surface area contributed by atoms with Gasteiger partial charge in [-0.05, 0) is 12.1 Å². The van der Waals surface area contributed by atoms with E-state index in [2.05, 4.69) is 36.5 Å². The summed E-state index contributed by atoms with van der Waals surface area (Å²) in [5, 5.41) is 3.26. The van der Waals surface area contributed by atoms with Gasteiger partial charge in [-0.1, -0.05) is 37.3 Å². The fraction of sp³-hybridized carbons (Fsp3) is 0.333. The Kier molecular flexibility index (Phi) is 5.43. The Morgan fingerprint density at radius 2 is 1.82 bits per heavy atom. The van der Waals surface area contributed by atoms with Gasteiger partial charge in [0.1, 0.15) is 0 Å². The molecule has 0 heterocycles. The van der Waals surface area contributed by atoms with Crippen LogP contribution in [0.25, 0.3) is 0 Å². The van der Waals surface area contributed by atoms with E-state index in [0.29, 0.717) is 0 Å². The highest BCUT2D eigenvalue weighted by Gasteiger charge is 1.85. The van der Waals surface area contributed by atoms with Gasteiger partial charge in [-0.25, -0.2) is 0 Å². The third kappa shape index (κ3) is 3.75. The molecule has 1 aromatic carbocycles. The first-order valence-electron chi connectivity index (χ1n) is 3.68. The topological polar surface area (TPSA) is 43.5 Å². The van der Waals surface area contributed by atoms with Crippen LogP contribution >= 0.6 is 0 Å². The van der Waals surface area contributed by atoms with Gasteiger partial charge in [0.25, 0.3) is 0 Å². The van der Waals surface area contributed by atoms with Gasteiger partial charge in [0, 0.05) is 6.54 Å². The molecule has 1 rings (SSSR count). The number of benzene rings is 1. The average molecular weight is 153 g/mol. The van der Waals surface area contributed by atoms with Crippen molar-refractivity contribution in [3.05, 3.63) is 35.9 Å². The molecule has 0 aliphatic rings. The molecule has 0 aliphatic carbocycles. The van der Waals surface area contributed by atoms with Crippen LogP contribution in [0.15, 0.2) is 30.3 Å². The summed E-state index contributed by atoms with van der Waals surface area (Å²) in [5.41, 5.74) is 1.35. The molecule has 3 N–H and O–H groups in total. The Bertz CT molecular complexity index is 174. The van der Waals surface area contributed by atoms with Crippen LogP contribution in [0.1, 0.15) is 12.5 Å². The van der Waals surface area contributed by atoms with Crippen molar-refractivity contribution < 1.29 is 5.48 Å². The van der Waals surface area contributed by atoms with Crippen LogP contribution in [0.5, 0.6) is 0 Å². The quantitative estimate of drug-likeness (QED) is 0.691. The maximum absolute atomic E-state index is 3.26. The Balaban J connectivity index is 0.000001000. The lowest BCUT2D eigenvalue weighted by Crippen LogP contribution is -2.11. The molecular weight excluding hydrogens is 138 g/mol. The predicted octanol–water partition coefficient (Wildman–Crippen LogP) is 0.971. The molecule has 2 nitrogen and oxygen atoms in total. The summed E-state index contributed by atoms with van der Waals surface area (Å²) < 4.78 is 0. The van der Waals surface area contributed by atoms with Crippen molar-refractivity contribution in [2.75, 3.05) is 6.54 Å². The second-order valence-electron chi connectivity index (χ2n) is 2.27. The lowest BCUT2D eigenvalue weighted by molar-refractivity contribution is 0.727. The van der Waals surface area contributed by atoms with E-state index in [1.807, 2.05) is 6.07 Å². The summed E-state index contributed by atoms with van der Waals surface area (Å²) in [6.45, 7) is 4.13. The SMILES string of the molecule is CCNCc1ccccc1.O. The molecule has 0 radical (unpaired) electrons. The molecular formula is C9H15NO. The van der Waals surface area contributed by atoms with Gasteiger partial charge < -0.3 is 10.8 Å². The molecule has 0 fully saturated rings. The minimum absolute atomic E-state index is 0. The van der Waals surface area contributed by atoms with E-state index < -0.39 is 0 Å². The highest BCUT2D eigenvalue weighted by molar-refractivity contribution is 5.14. The average Bonchev–Trinajstić information content (AvgIpc) is 2.03. The lowest BCUT2D eigenvalue weighted by Gasteiger charge is -1.99. The van der Waals surface area contributed by atoms with Crippen molar-refractivity contribution in [2.45, 2.75) is 13.5 Å². The van der Waals surface area contributed by atoms with E-state index in [-0.39, 0.29) is 5.48 Å². The van der Waals surface area contributed by atoms with E-state index >= 15 is 0 Å². The van der Waals surface area contributed by atoms with Crippen molar-refractivity contribution in [3.63, 3.8) is 0 Å². The minimum atomic E-state index is 0. The van der Waals surface area contributed by atoms with Crippen molar-refractivity contribution >= 4 is 0 Å². The molecule has 1 aromatic rings. The second kappa shape index (κ2) is 5.89. The van der Waals surface area contributed by atoms with Crippen molar-refractivity contribution in [1.82, 2.24) is 5.32 Å². The normalized spacial score (nSPS) is 8.82. The van der Waals surface area contributed by atoms with Crippen LogP contribution in [-0.4, -0.2) is 12.0 Å². The molecule has 11 heavy (non-hydrogen) atoms. The Hall–Kier alpha value is -0.860. The zero-order chi connectivity index (χ0) is 7.23. The van der Waals surface area contributed by atoms with Crippen LogP contribution in [0.3, 0.4) is 0 Å². The monoisotopic (exact) mass is 153 g/mol. The van der Waals surface area contributed by atoms with Gasteiger partial charge in [-0.2, -0.15) is 0 Å². The molecule has 2 heteroatoms.